The summed E-state index contributed by atoms with van der Waals surface area (Å²) in [5, 5.41) is 9.36. The predicted octanol–water partition coefficient (Wildman–Crippen LogP) is 2.25. The molecule has 2 aromatic rings. The lowest BCUT2D eigenvalue weighted by molar-refractivity contribution is 0.544. The van der Waals surface area contributed by atoms with Crippen LogP contribution in [0.15, 0.2) is 15.7 Å². The Morgan fingerprint density at radius 3 is 2.90 bits per heavy atom. The van der Waals surface area contributed by atoms with Crippen LogP contribution in [0.3, 0.4) is 0 Å². The molecule has 0 radical (unpaired) electrons. The van der Waals surface area contributed by atoms with Gasteiger partial charge in [-0.05, 0) is 25.8 Å². The van der Waals surface area contributed by atoms with E-state index in [1.807, 2.05) is 12.1 Å². The van der Waals surface area contributed by atoms with Gasteiger partial charge < -0.3 is 0 Å². The minimum absolute atomic E-state index is 0.126. The van der Waals surface area contributed by atoms with Gasteiger partial charge in [-0.2, -0.15) is 5.26 Å². The molecule has 0 aromatic carbocycles. The summed E-state index contributed by atoms with van der Waals surface area (Å²) < 4.78 is 1.12. The van der Waals surface area contributed by atoms with Crippen LogP contribution >= 0.6 is 11.3 Å². The van der Waals surface area contributed by atoms with Gasteiger partial charge >= 0.3 is 5.69 Å². The van der Waals surface area contributed by atoms with E-state index in [2.05, 4.69) is 11.9 Å². The van der Waals surface area contributed by atoms with Crippen LogP contribution in [0.4, 0.5) is 0 Å². The summed E-state index contributed by atoms with van der Waals surface area (Å²) in [5.74, 6) is -0.371. The number of H-pyrrole nitrogens is 1. The van der Waals surface area contributed by atoms with Gasteiger partial charge in [0.2, 0.25) is 0 Å². The molecule has 1 unspecified atom stereocenters. The van der Waals surface area contributed by atoms with Crippen molar-refractivity contribution in [3.8, 4) is 6.07 Å². The van der Waals surface area contributed by atoms with Gasteiger partial charge in [0.05, 0.1) is 17.4 Å². The molecule has 0 bridgehead atoms. The van der Waals surface area contributed by atoms with Gasteiger partial charge in [0.15, 0.2) is 0 Å². The molecule has 2 aromatic heterocycles. The Labute approximate surface area is 120 Å². The summed E-state index contributed by atoms with van der Waals surface area (Å²) in [7, 11) is 0. The molecule has 0 aliphatic rings. The summed E-state index contributed by atoms with van der Waals surface area (Å²) in [6.07, 6.45) is 3.08. The standard InChI is InChI=1S/C14H17N3O2S/c1-3-4-5-10-6-11-12(20-10)16-14(19)17(13(11)18)8-9(2)7-15/h6,9H,3-5,8H2,1-2H3,(H,16,19). The molecule has 0 saturated carbocycles. The number of hydrogen-bond acceptors (Lipinski definition) is 4. The van der Waals surface area contributed by atoms with Crippen molar-refractivity contribution >= 4 is 21.6 Å². The van der Waals surface area contributed by atoms with E-state index in [0.717, 1.165) is 28.7 Å². The van der Waals surface area contributed by atoms with Crippen LogP contribution in [0.5, 0.6) is 0 Å². The summed E-state index contributed by atoms with van der Waals surface area (Å²) in [4.78, 5) is 28.7. The van der Waals surface area contributed by atoms with Crippen molar-refractivity contribution < 1.29 is 0 Å². The van der Waals surface area contributed by atoms with Gasteiger partial charge in [-0.25, -0.2) is 4.79 Å². The molecular formula is C14H17N3O2S. The number of aryl methyl sites for hydroxylation is 1. The molecule has 0 amide bonds. The van der Waals surface area contributed by atoms with E-state index in [4.69, 9.17) is 5.26 Å². The average molecular weight is 291 g/mol. The largest absolute Gasteiger partial charge is 0.329 e. The first kappa shape index (κ1) is 14.5. The minimum Gasteiger partial charge on any atom is -0.298 e. The lowest BCUT2D eigenvalue weighted by Gasteiger charge is -2.05. The second kappa shape index (κ2) is 6.06. The lowest BCUT2D eigenvalue weighted by Crippen LogP contribution is -2.36. The minimum atomic E-state index is -0.437. The zero-order chi connectivity index (χ0) is 14.7. The van der Waals surface area contributed by atoms with Crippen LogP contribution in [-0.4, -0.2) is 9.55 Å². The first-order valence-electron chi connectivity index (χ1n) is 6.72. The molecule has 0 fully saturated rings. The number of hydrogen-bond donors (Lipinski definition) is 1. The lowest BCUT2D eigenvalue weighted by atomic mass is 10.2. The zero-order valence-corrected chi connectivity index (χ0v) is 12.4. The van der Waals surface area contributed by atoms with Crippen LogP contribution in [0.2, 0.25) is 0 Å². The van der Waals surface area contributed by atoms with Crippen molar-refractivity contribution in [3.05, 3.63) is 31.8 Å². The Kier molecular flexibility index (Phi) is 4.40. The third-order valence-electron chi connectivity index (χ3n) is 3.18. The number of nitrogens with zero attached hydrogens (tertiary/aromatic N) is 2. The maximum Gasteiger partial charge on any atom is 0.329 e. The Balaban J connectivity index is 2.49. The fraction of sp³-hybridized carbons (Fsp3) is 0.500. The van der Waals surface area contributed by atoms with E-state index in [0.29, 0.717) is 10.2 Å². The third kappa shape index (κ3) is 2.83. The van der Waals surface area contributed by atoms with E-state index >= 15 is 0 Å². The zero-order valence-electron chi connectivity index (χ0n) is 11.6. The number of fused-ring (bicyclic) bond motifs is 1. The maximum atomic E-state index is 12.3. The molecule has 1 N–H and O–H groups in total. The smallest absolute Gasteiger partial charge is 0.298 e. The number of aromatic nitrogens is 2. The van der Waals surface area contributed by atoms with Gasteiger partial charge in [0, 0.05) is 11.4 Å². The molecule has 1 atom stereocenters. The quantitative estimate of drug-likeness (QED) is 0.917. The molecule has 0 spiro atoms. The van der Waals surface area contributed by atoms with Gasteiger partial charge in [-0.3, -0.25) is 14.3 Å². The topological polar surface area (TPSA) is 78.7 Å². The number of rotatable bonds is 5. The first-order chi connectivity index (χ1) is 9.56. The van der Waals surface area contributed by atoms with Gasteiger partial charge in [0.1, 0.15) is 4.83 Å². The van der Waals surface area contributed by atoms with Crippen molar-refractivity contribution in [2.75, 3.05) is 0 Å². The first-order valence-corrected chi connectivity index (χ1v) is 7.53. The normalized spacial score (nSPS) is 12.4. The molecule has 2 rings (SSSR count). The monoisotopic (exact) mass is 291 g/mol. The number of thiophene rings is 1. The van der Waals surface area contributed by atoms with E-state index in [1.165, 1.54) is 11.3 Å². The van der Waals surface area contributed by atoms with Crippen molar-refractivity contribution in [1.29, 1.82) is 5.26 Å². The molecule has 6 heteroatoms. The summed E-state index contributed by atoms with van der Waals surface area (Å²) in [6, 6.07) is 3.90. The van der Waals surface area contributed by atoms with Gasteiger partial charge in [-0.1, -0.05) is 13.3 Å². The number of nitrogens with one attached hydrogen (secondary N) is 1. The van der Waals surface area contributed by atoms with E-state index in [-0.39, 0.29) is 18.0 Å². The highest BCUT2D eigenvalue weighted by atomic mass is 32.1. The molecule has 0 saturated heterocycles. The third-order valence-corrected chi connectivity index (χ3v) is 4.29. The highest BCUT2D eigenvalue weighted by Gasteiger charge is 2.13. The average Bonchev–Trinajstić information content (AvgIpc) is 2.83. The molecule has 0 aliphatic heterocycles. The van der Waals surface area contributed by atoms with Crippen molar-refractivity contribution in [2.45, 2.75) is 39.7 Å². The molecule has 2 heterocycles. The van der Waals surface area contributed by atoms with Crippen LogP contribution in [-0.2, 0) is 13.0 Å². The second-order valence-corrected chi connectivity index (χ2v) is 6.07. The second-order valence-electron chi connectivity index (χ2n) is 4.94. The molecule has 0 aliphatic carbocycles. The van der Waals surface area contributed by atoms with Crippen molar-refractivity contribution in [3.63, 3.8) is 0 Å². The SMILES string of the molecule is CCCCc1cc2c(=O)n(CC(C)C#N)c(=O)[nH]c2s1. The summed E-state index contributed by atoms with van der Waals surface area (Å²) in [6.45, 7) is 3.93. The van der Waals surface area contributed by atoms with Crippen LogP contribution in [0, 0.1) is 17.2 Å². The summed E-state index contributed by atoms with van der Waals surface area (Å²) >= 11 is 1.47. The fourth-order valence-corrected chi connectivity index (χ4v) is 3.13. The summed E-state index contributed by atoms with van der Waals surface area (Å²) in [5.41, 5.74) is -0.738. The van der Waals surface area contributed by atoms with E-state index < -0.39 is 5.69 Å². The highest BCUT2D eigenvalue weighted by molar-refractivity contribution is 7.18. The number of nitriles is 1. The van der Waals surface area contributed by atoms with Crippen LogP contribution < -0.4 is 11.2 Å². The van der Waals surface area contributed by atoms with Crippen LogP contribution in [0.25, 0.3) is 10.2 Å². The Hall–Kier alpha value is -1.87. The maximum absolute atomic E-state index is 12.3. The van der Waals surface area contributed by atoms with E-state index in [9.17, 15) is 9.59 Å². The molecule has 20 heavy (non-hydrogen) atoms. The number of unbranched alkanes of at least 4 members (excludes halogenated alkanes) is 1. The van der Waals surface area contributed by atoms with Crippen molar-refractivity contribution in [2.24, 2.45) is 5.92 Å². The predicted molar refractivity (Wildman–Crippen MR) is 80.1 cm³/mol. The Morgan fingerprint density at radius 2 is 2.25 bits per heavy atom. The van der Waals surface area contributed by atoms with Crippen LogP contribution in [0.1, 0.15) is 31.6 Å². The molecule has 5 nitrogen and oxygen atoms in total. The highest BCUT2D eigenvalue weighted by Crippen LogP contribution is 2.21. The van der Waals surface area contributed by atoms with Gasteiger partial charge in [0.25, 0.3) is 5.56 Å². The molecular weight excluding hydrogens is 274 g/mol. The molecule has 106 valence electrons. The van der Waals surface area contributed by atoms with Crippen molar-refractivity contribution in [1.82, 2.24) is 9.55 Å². The van der Waals surface area contributed by atoms with Gasteiger partial charge in [-0.15, -0.1) is 11.3 Å². The number of aromatic amines is 1. The Morgan fingerprint density at radius 1 is 1.50 bits per heavy atom. The fourth-order valence-electron chi connectivity index (χ4n) is 2.05. The Bertz CT molecular complexity index is 763. The van der Waals surface area contributed by atoms with E-state index in [1.54, 1.807) is 6.92 Å².